The van der Waals surface area contributed by atoms with Gasteiger partial charge in [0.1, 0.15) is 6.07 Å². The van der Waals surface area contributed by atoms with Crippen molar-refractivity contribution >= 4 is 34.1 Å². The summed E-state index contributed by atoms with van der Waals surface area (Å²) in [5, 5.41) is 21.7. The predicted octanol–water partition coefficient (Wildman–Crippen LogP) is 1.91. The Hall–Kier alpha value is -2.36. The number of fused-ring (bicyclic) bond motifs is 1. The van der Waals surface area contributed by atoms with E-state index in [0.29, 0.717) is 0 Å². The topological polar surface area (TPSA) is 121 Å². The highest BCUT2D eigenvalue weighted by Crippen LogP contribution is 2.39. The van der Waals surface area contributed by atoms with Gasteiger partial charge in [-0.3, -0.25) is 20.2 Å². The fourth-order valence-corrected chi connectivity index (χ4v) is 2.01. The summed E-state index contributed by atoms with van der Waals surface area (Å²) in [6.45, 7) is 1.84. The van der Waals surface area contributed by atoms with E-state index in [4.69, 9.17) is 4.74 Å². The van der Waals surface area contributed by atoms with Gasteiger partial charge in [0.25, 0.3) is 0 Å². The van der Waals surface area contributed by atoms with Crippen molar-refractivity contribution in [2.24, 2.45) is 0 Å². The molecule has 0 atom stereocenters. The molecule has 0 saturated carbocycles. The Morgan fingerprint density at radius 1 is 1.22 bits per heavy atom. The quantitative estimate of drug-likeness (QED) is 0.614. The van der Waals surface area contributed by atoms with Gasteiger partial charge in [0.05, 0.1) is 28.2 Å². The van der Waals surface area contributed by atoms with Gasteiger partial charge >= 0.3 is 11.4 Å². The molecule has 0 N–H and O–H groups in total. The molecule has 0 aliphatic rings. The second kappa shape index (κ2) is 4.49. The third kappa shape index (κ3) is 1.82. The van der Waals surface area contributed by atoms with Gasteiger partial charge in [-0.1, -0.05) is 0 Å². The van der Waals surface area contributed by atoms with E-state index >= 15 is 0 Å². The van der Waals surface area contributed by atoms with E-state index in [1.165, 1.54) is 0 Å². The Kier molecular flexibility index (Phi) is 3.02. The van der Waals surface area contributed by atoms with E-state index < -0.39 is 21.2 Å². The summed E-state index contributed by atoms with van der Waals surface area (Å²) in [6.07, 6.45) is 0. The van der Waals surface area contributed by atoms with Gasteiger partial charge in [0, 0.05) is 0 Å². The molecule has 1 heterocycles. The molecule has 9 nitrogen and oxygen atoms in total. The lowest BCUT2D eigenvalue weighted by molar-refractivity contribution is -0.393. The van der Waals surface area contributed by atoms with Gasteiger partial charge in [-0.2, -0.15) is 8.75 Å². The molecule has 0 bridgehead atoms. The van der Waals surface area contributed by atoms with E-state index in [9.17, 15) is 20.2 Å². The predicted molar refractivity (Wildman–Crippen MR) is 61.9 cm³/mol. The number of non-ortho nitro benzene ring substituents is 1. The minimum absolute atomic E-state index is 0.000880. The molecule has 0 saturated heterocycles. The van der Waals surface area contributed by atoms with Crippen molar-refractivity contribution in [2.45, 2.75) is 6.92 Å². The van der Waals surface area contributed by atoms with Crippen LogP contribution in [0.5, 0.6) is 5.75 Å². The number of hydrogen-bond donors (Lipinski definition) is 0. The summed E-state index contributed by atoms with van der Waals surface area (Å²) in [5.74, 6) is -0.0862. The molecule has 0 fully saturated rings. The minimum Gasteiger partial charge on any atom is -0.486 e. The number of ether oxygens (including phenoxy) is 1. The van der Waals surface area contributed by atoms with Crippen LogP contribution in [0.4, 0.5) is 11.4 Å². The minimum atomic E-state index is -0.739. The molecule has 0 unspecified atom stereocenters. The Labute approximate surface area is 104 Å². The smallest absolute Gasteiger partial charge is 0.320 e. The van der Waals surface area contributed by atoms with E-state index in [1.807, 2.05) is 0 Å². The van der Waals surface area contributed by atoms with Crippen LogP contribution < -0.4 is 4.74 Å². The highest BCUT2D eigenvalue weighted by molar-refractivity contribution is 7.00. The average molecular weight is 270 g/mol. The van der Waals surface area contributed by atoms with Gasteiger partial charge in [0.15, 0.2) is 11.0 Å². The van der Waals surface area contributed by atoms with Gasteiger partial charge in [-0.25, -0.2) is 0 Å². The van der Waals surface area contributed by atoms with Crippen LogP contribution in [-0.2, 0) is 0 Å². The second-order valence-electron chi connectivity index (χ2n) is 3.15. The standard InChI is InChI=1S/C8H6N4O5S/c1-2-17-8-5(12(15)16)3-4(11(13)14)6-7(8)10-18-9-6/h3H,2H2,1H3. The van der Waals surface area contributed by atoms with Crippen molar-refractivity contribution in [1.29, 1.82) is 0 Å². The molecule has 0 amide bonds. The summed E-state index contributed by atoms with van der Waals surface area (Å²) in [5.41, 5.74) is -0.889. The van der Waals surface area contributed by atoms with Crippen LogP contribution in [0, 0.1) is 20.2 Å². The van der Waals surface area contributed by atoms with Crippen LogP contribution in [0.3, 0.4) is 0 Å². The van der Waals surface area contributed by atoms with Crippen LogP contribution in [0.2, 0.25) is 0 Å². The highest BCUT2D eigenvalue weighted by atomic mass is 32.1. The van der Waals surface area contributed by atoms with E-state index in [-0.39, 0.29) is 23.4 Å². The first-order chi connectivity index (χ1) is 8.56. The molecule has 0 spiro atoms. The lowest BCUT2D eigenvalue weighted by atomic mass is 10.2. The van der Waals surface area contributed by atoms with Crippen LogP contribution in [0.15, 0.2) is 6.07 Å². The first kappa shape index (κ1) is 12.1. The maximum atomic E-state index is 10.9. The summed E-state index contributed by atoms with van der Waals surface area (Å²) in [7, 11) is 0. The Morgan fingerprint density at radius 2 is 1.83 bits per heavy atom. The molecule has 0 aliphatic carbocycles. The number of nitro groups is 2. The zero-order chi connectivity index (χ0) is 13.3. The summed E-state index contributed by atoms with van der Waals surface area (Å²) in [4.78, 5) is 20.3. The van der Waals surface area contributed by atoms with Crippen molar-refractivity contribution in [3.8, 4) is 5.75 Å². The van der Waals surface area contributed by atoms with Crippen LogP contribution in [0.25, 0.3) is 11.0 Å². The van der Waals surface area contributed by atoms with Crippen molar-refractivity contribution < 1.29 is 14.6 Å². The first-order valence-corrected chi connectivity index (χ1v) is 5.50. The lowest BCUT2D eigenvalue weighted by Crippen LogP contribution is -2.00. The zero-order valence-electron chi connectivity index (χ0n) is 9.02. The Bertz CT molecular complexity index is 640. The van der Waals surface area contributed by atoms with Crippen LogP contribution in [-0.4, -0.2) is 25.2 Å². The number of rotatable bonds is 4. The van der Waals surface area contributed by atoms with E-state index in [2.05, 4.69) is 8.75 Å². The van der Waals surface area contributed by atoms with Gasteiger partial charge in [-0.15, -0.1) is 0 Å². The molecule has 18 heavy (non-hydrogen) atoms. The lowest BCUT2D eigenvalue weighted by Gasteiger charge is -2.04. The fourth-order valence-electron chi connectivity index (χ4n) is 1.45. The molecule has 10 heteroatoms. The fraction of sp³-hybridized carbons (Fsp3) is 0.250. The second-order valence-corrected chi connectivity index (χ2v) is 3.68. The maximum Gasteiger partial charge on any atom is 0.320 e. The third-order valence-corrected chi connectivity index (χ3v) is 2.66. The van der Waals surface area contributed by atoms with Crippen molar-refractivity contribution in [3.63, 3.8) is 0 Å². The zero-order valence-corrected chi connectivity index (χ0v) is 9.84. The van der Waals surface area contributed by atoms with Crippen molar-refractivity contribution in [2.75, 3.05) is 6.61 Å². The molecular formula is C8H6N4O5S. The number of hydrogen-bond acceptors (Lipinski definition) is 8. The SMILES string of the molecule is CCOc1c([N+](=O)[O-])cc([N+](=O)[O-])c2nsnc12. The average Bonchev–Trinajstić information content (AvgIpc) is 2.77. The number of benzene rings is 1. The Balaban J connectivity index is 2.83. The molecule has 0 aliphatic heterocycles. The number of nitrogens with zero attached hydrogens (tertiary/aromatic N) is 4. The third-order valence-electron chi connectivity index (χ3n) is 2.13. The van der Waals surface area contributed by atoms with E-state index in [1.54, 1.807) is 6.92 Å². The van der Waals surface area contributed by atoms with Crippen molar-refractivity contribution in [1.82, 2.24) is 8.75 Å². The number of aromatic nitrogens is 2. The summed E-state index contributed by atoms with van der Waals surface area (Å²) < 4.78 is 12.7. The Morgan fingerprint density at radius 3 is 2.39 bits per heavy atom. The van der Waals surface area contributed by atoms with Gasteiger partial charge in [0.2, 0.25) is 5.75 Å². The maximum absolute atomic E-state index is 10.9. The monoisotopic (exact) mass is 270 g/mol. The molecular weight excluding hydrogens is 264 g/mol. The molecule has 1 aromatic heterocycles. The van der Waals surface area contributed by atoms with Crippen LogP contribution in [0.1, 0.15) is 6.92 Å². The normalized spacial score (nSPS) is 10.5. The van der Waals surface area contributed by atoms with Crippen LogP contribution >= 0.6 is 11.7 Å². The molecule has 2 rings (SSSR count). The molecule has 0 radical (unpaired) electrons. The van der Waals surface area contributed by atoms with E-state index in [0.717, 1.165) is 17.8 Å². The molecule has 94 valence electrons. The summed E-state index contributed by atoms with van der Waals surface area (Å²) in [6, 6.07) is 0.842. The molecule has 2 aromatic rings. The summed E-state index contributed by atoms with van der Waals surface area (Å²) >= 11 is 0.738. The van der Waals surface area contributed by atoms with Crippen molar-refractivity contribution in [3.05, 3.63) is 26.3 Å². The van der Waals surface area contributed by atoms with Gasteiger partial charge < -0.3 is 4.74 Å². The molecule has 1 aromatic carbocycles. The van der Waals surface area contributed by atoms with Gasteiger partial charge in [-0.05, 0) is 6.92 Å². The largest absolute Gasteiger partial charge is 0.486 e. The highest BCUT2D eigenvalue weighted by Gasteiger charge is 2.29. The first-order valence-electron chi connectivity index (χ1n) is 4.77. The number of nitro benzene ring substituents is 2.